The smallest absolute Gasteiger partial charge is 0.338 e. The molecular weight excluding hydrogens is 452 g/mol. The number of esters is 1. The van der Waals surface area contributed by atoms with Crippen LogP contribution in [0.2, 0.25) is 5.02 Å². The number of aryl methyl sites for hydroxylation is 1. The van der Waals surface area contributed by atoms with E-state index >= 15 is 0 Å². The van der Waals surface area contributed by atoms with Gasteiger partial charge in [0.15, 0.2) is 6.61 Å². The molecule has 0 spiro atoms. The van der Waals surface area contributed by atoms with E-state index in [2.05, 4.69) is 0 Å². The van der Waals surface area contributed by atoms with E-state index < -0.39 is 22.6 Å². The van der Waals surface area contributed by atoms with E-state index in [1.54, 1.807) is 7.05 Å². The van der Waals surface area contributed by atoms with Crippen LogP contribution in [-0.2, 0) is 26.1 Å². The van der Waals surface area contributed by atoms with Crippen molar-refractivity contribution in [2.75, 3.05) is 26.7 Å². The highest BCUT2D eigenvalue weighted by Crippen LogP contribution is 2.28. The molecule has 9 heteroatoms. The molecule has 3 rings (SSSR count). The number of hydrogen-bond acceptors (Lipinski definition) is 5. The van der Waals surface area contributed by atoms with Gasteiger partial charge >= 0.3 is 5.97 Å². The maximum atomic E-state index is 13.0. The quantitative estimate of drug-likeness (QED) is 0.567. The summed E-state index contributed by atoms with van der Waals surface area (Å²) in [5.41, 5.74) is 2.11. The molecule has 0 aromatic heterocycles. The number of carbonyl (C=O) groups is 2. The van der Waals surface area contributed by atoms with Crippen LogP contribution < -0.4 is 0 Å². The summed E-state index contributed by atoms with van der Waals surface area (Å²) < 4.78 is 32.4. The second kappa shape index (κ2) is 10.5. The SMILES string of the molecule is Cc1ccc(CN(C)C(=O)COC(=O)c2ccc(Cl)c(S(=O)(=O)N3CCCCC3)c2)cc1. The van der Waals surface area contributed by atoms with Gasteiger partial charge in [-0.2, -0.15) is 4.31 Å². The Morgan fingerprint density at radius 3 is 2.38 bits per heavy atom. The molecule has 0 radical (unpaired) electrons. The molecule has 1 heterocycles. The lowest BCUT2D eigenvalue weighted by Gasteiger charge is -2.26. The van der Waals surface area contributed by atoms with Gasteiger partial charge < -0.3 is 9.64 Å². The van der Waals surface area contributed by atoms with Crippen LogP contribution in [0.4, 0.5) is 0 Å². The van der Waals surface area contributed by atoms with Gasteiger partial charge in [-0.05, 0) is 43.5 Å². The van der Waals surface area contributed by atoms with Crippen LogP contribution in [0.25, 0.3) is 0 Å². The van der Waals surface area contributed by atoms with Crippen LogP contribution >= 0.6 is 11.6 Å². The van der Waals surface area contributed by atoms with Crippen LogP contribution in [0, 0.1) is 6.92 Å². The van der Waals surface area contributed by atoms with Gasteiger partial charge in [-0.25, -0.2) is 13.2 Å². The summed E-state index contributed by atoms with van der Waals surface area (Å²) >= 11 is 6.14. The molecule has 0 N–H and O–H groups in total. The fraction of sp³-hybridized carbons (Fsp3) is 0.391. The Hall–Kier alpha value is -2.42. The molecule has 2 aromatic carbocycles. The summed E-state index contributed by atoms with van der Waals surface area (Å²) in [6, 6.07) is 11.8. The summed E-state index contributed by atoms with van der Waals surface area (Å²) in [4.78, 5) is 26.2. The minimum atomic E-state index is -3.81. The van der Waals surface area contributed by atoms with E-state index in [1.807, 2.05) is 31.2 Å². The Morgan fingerprint density at radius 2 is 1.72 bits per heavy atom. The van der Waals surface area contributed by atoms with Crippen molar-refractivity contribution in [3.05, 3.63) is 64.2 Å². The third-order valence-corrected chi connectivity index (χ3v) is 7.77. The number of amides is 1. The number of sulfonamides is 1. The minimum Gasteiger partial charge on any atom is -0.452 e. The topological polar surface area (TPSA) is 84.0 Å². The molecule has 0 atom stereocenters. The first-order valence-electron chi connectivity index (χ1n) is 10.4. The summed E-state index contributed by atoms with van der Waals surface area (Å²) in [6.45, 7) is 2.77. The van der Waals surface area contributed by atoms with Crippen LogP contribution in [-0.4, -0.2) is 56.2 Å². The molecule has 0 aliphatic carbocycles. The number of hydrogen-bond donors (Lipinski definition) is 0. The number of nitrogens with zero attached hydrogens (tertiary/aromatic N) is 2. The molecule has 0 saturated carbocycles. The number of benzene rings is 2. The van der Waals surface area contributed by atoms with Crippen molar-refractivity contribution in [2.45, 2.75) is 37.6 Å². The van der Waals surface area contributed by atoms with E-state index in [9.17, 15) is 18.0 Å². The van der Waals surface area contributed by atoms with Gasteiger partial charge in [0, 0.05) is 26.7 Å². The van der Waals surface area contributed by atoms with Crippen molar-refractivity contribution in [1.82, 2.24) is 9.21 Å². The van der Waals surface area contributed by atoms with Crippen molar-refractivity contribution >= 4 is 33.5 Å². The fourth-order valence-corrected chi connectivity index (χ4v) is 5.47. The highest BCUT2D eigenvalue weighted by Gasteiger charge is 2.29. The number of ether oxygens (including phenoxy) is 1. The molecule has 1 aliphatic heterocycles. The van der Waals surface area contributed by atoms with E-state index in [0.717, 1.165) is 30.4 Å². The zero-order chi connectivity index (χ0) is 23.3. The van der Waals surface area contributed by atoms with Crippen LogP contribution in [0.15, 0.2) is 47.4 Å². The van der Waals surface area contributed by atoms with Crippen LogP contribution in [0.3, 0.4) is 0 Å². The zero-order valence-electron chi connectivity index (χ0n) is 18.2. The summed E-state index contributed by atoms with van der Waals surface area (Å²) in [6.07, 6.45) is 2.56. The Labute approximate surface area is 194 Å². The number of rotatable bonds is 7. The van der Waals surface area contributed by atoms with Gasteiger partial charge in [0.1, 0.15) is 4.90 Å². The van der Waals surface area contributed by atoms with E-state index in [4.69, 9.17) is 16.3 Å². The van der Waals surface area contributed by atoms with Crippen molar-refractivity contribution in [2.24, 2.45) is 0 Å². The van der Waals surface area contributed by atoms with E-state index in [1.165, 1.54) is 27.4 Å². The zero-order valence-corrected chi connectivity index (χ0v) is 19.8. The van der Waals surface area contributed by atoms with Gasteiger partial charge in [0.25, 0.3) is 5.91 Å². The minimum absolute atomic E-state index is 0.0268. The first kappa shape index (κ1) is 24.2. The number of piperidine rings is 1. The van der Waals surface area contributed by atoms with Crippen molar-refractivity contribution in [3.63, 3.8) is 0 Å². The average Bonchev–Trinajstić information content (AvgIpc) is 2.79. The predicted molar refractivity (Wildman–Crippen MR) is 122 cm³/mol. The largest absolute Gasteiger partial charge is 0.452 e. The lowest BCUT2D eigenvalue weighted by Crippen LogP contribution is -2.35. The summed E-state index contributed by atoms with van der Waals surface area (Å²) in [5.74, 6) is -1.15. The lowest BCUT2D eigenvalue weighted by molar-refractivity contribution is -0.133. The molecule has 1 aliphatic rings. The summed E-state index contributed by atoms with van der Waals surface area (Å²) in [5, 5.41) is 0.0426. The third-order valence-electron chi connectivity index (χ3n) is 5.39. The molecule has 172 valence electrons. The molecular formula is C23H27ClN2O5S. The van der Waals surface area contributed by atoms with Gasteiger partial charge in [0.05, 0.1) is 10.6 Å². The second-order valence-corrected chi connectivity index (χ2v) is 10.2. The van der Waals surface area contributed by atoms with Crippen molar-refractivity contribution in [3.8, 4) is 0 Å². The Bertz CT molecular complexity index is 1080. The lowest BCUT2D eigenvalue weighted by atomic mass is 10.1. The number of carbonyl (C=O) groups excluding carboxylic acids is 2. The van der Waals surface area contributed by atoms with Crippen molar-refractivity contribution in [1.29, 1.82) is 0 Å². The molecule has 0 bridgehead atoms. The van der Waals surface area contributed by atoms with Crippen LogP contribution in [0.1, 0.15) is 40.7 Å². The van der Waals surface area contributed by atoms with E-state index in [0.29, 0.717) is 19.6 Å². The molecule has 7 nitrogen and oxygen atoms in total. The number of likely N-dealkylation sites (N-methyl/N-ethyl adjacent to an activating group) is 1. The Kier molecular flexibility index (Phi) is 7.92. The fourth-order valence-electron chi connectivity index (χ4n) is 3.45. The molecule has 32 heavy (non-hydrogen) atoms. The maximum Gasteiger partial charge on any atom is 0.338 e. The monoisotopic (exact) mass is 478 g/mol. The molecule has 1 amide bonds. The highest BCUT2D eigenvalue weighted by molar-refractivity contribution is 7.89. The number of halogens is 1. The first-order valence-corrected chi connectivity index (χ1v) is 12.3. The highest BCUT2D eigenvalue weighted by atomic mass is 35.5. The predicted octanol–water partition coefficient (Wildman–Crippen LogP) is 3.64. The maximum absolute atomic E-state index is 13.0. The Morgan fingerprint density at radius 1 is 1.06 bits per heavy atom. The van der Waals surface area contributed by atoms with Gasteiger partial charge in [-0.1, -0.05) is 47.9 Å². The summed E-state index contributed by atoms with van der Waals surface area (Å²) in [7, 11) is -2.19. The molecule has 1 fully saturated rings. The third kappa shape index (κ3) is 5.88. The standard InChI is InChI=1S/C23H27ClN2O5S/c1-17-6-8-18(9-7-17)15-25(2)22(27)16-31-23(28)19-10-11-20(24)21(14-19)32(29,30)26-12-4-3-5-13-26/h6-11,14H,3-5,12-13,15-16H2,1-2H3. The van der Waals surface area contributed by atoms with Gasteiger partial charge in [0.2, 0.25) is 10.0 Å². The van der Waals surface area contributed by atoms with E-state index in [-0.39, 0.29) is 21.4 Å². The van der Waals surface area contributed by atoms with Gasteiger partial charge in [-0.15, -0.1) is 0 Å². The Balaban J connectivity index is 1.64. The molecule has 2 aromatic rings. The molecule has 0 unspecified atom stereocenters. The second-order valence-electron chi connectivity index (χ2n) is 7.92. The molecule has 1 saturated heterocycles. The van der Waals surface area contributed by atoms with Gasteiger partial charge in [-0.3, -0.25) is 4.79 Å². The first-order chi connectivity index (χ1) is 15.2. The van der Waals surface area contributed by atoms with Crippen LogP contribution in [0.5, 0.6) is 0 Å². The van der Waals surface area contributed by atoms with Crippen molar-refractivity contribution < 1.29 is 22.7 Å². The normalized spacial score (nSPS) is 14.7. The average molecular weight is 479 g/mol.